The van der Waals surface area contributed by atoms with Gasteiger partial charge in [0.1, 0.15) is 0 Å². The lowest BCUT2D eigenvalue weighted by Gasteiger charge is -1.98. The fourth-order valence-corrected chi connectivity index (χ4v) is 1.65. The number of aliphatic hydroxyl groups is 1. The number of allylic oxidation sites excluding steroid dienone is 6. The molecule has 1 N–H and O–H groups in total. The van der Waals surface area contributed by atoms with E-state index in [0.29, 0.717) is 12.8 Å². The zero-order chi connectivity index (χ0) is 15.8. The molecule has 0 fully saturated rings. The average molecular weight is 291 g/mol. The molecule has 1 atom stereocenters. The summed E-state index contributed by atoms with van der Waals surface area (Å²) in [6.07, 6.45) is 20.4. The molecule has 0 spiro atoms. The molecule has 0 saturated carbocycles. The van der Waals surface area contributed by atoms with Gasteiger partial charge in [-0.1, -0.05) is 55.5 Å². The van der Waals surface area contributed by atoms with Gasteiger partial charge in [0.15, 0.2) is 0 Å². The smallest absolute Gasteiger partial charge is 0.0758 e. The third-order valence-electron chi connectivity index (χ3n) is 2.80. The van der Waals surface area contributed by atoms with Crippen molar-refractivity contribution in [1.29, 1.82) is 0 Å². The summed E-state index contributed by atoms with van der Waals surface area (Å²) in [6, 6.07) is 0. The number of carbonyl (C=O) groups is 1. The minimum absolute atomic E-state index is 0.147. The Bertz CT molecular complexity index is 365. The molecule has 3 heteroatoms. The summed E-state index contributed by atoms with van der Waals surface area (Å²) in [5.74, 6) is -0.971. The van der Waals surface area contributed by atoms with Crippen LogP contribution in [-0.4, -0.2) is 17.2 Å². The second kappa shape index (κ2) is 14.8. The Morgan fingerprint density at radius 3 is 2.62 bits per heavy atom. The number of unbranched alkanes of at least 4 members (excludes halogenated alkanes) is 2. The summed E-state index contributed by atoms with van der Waals surface area (Å²) in [6.45, 7) is 2.07. The SMILES string of the molecule is CC/C=C\CC(O)/C=C/C=C\C/C=C\CCCCC(=O)[O-]. The molecule has 0 radical (unpaired) electrons. The van der Waals surface area contributed by atoms with Crippen LogP contribution in [0.5, 0.6) is 0 Å². The Morgan fingerprint density at radius 1 is 1.10 bits per heavy atom. The summed E-state index contributed by atoms with van der Waals surface area (Å²) < 4.78 is 0. The highest BCUT2D eigenvalue weighted by Crippen LogP contribution is 2.01. The van der Waals surface area contributed by atoms with Crippen LogP contribution in [0.15, 0.2) is 48.6 Å². The number of aliphatic hydroxyl groups excluding tert-OH is 1. The molecule has 0 amide bonds. The highest BCUT2D eigenvalue weighted by Gasteiger charge is 1.92. The van der Waals surface area contributed by atoms with E-state index in [1.165, 1.54) is 0 Å². The van der Waals surface area contributed by atoms with Gasteiger partial charge in [0.25, 0.3) is 0 Å². The number of hydrogen-bond donors (Lipinski definition) is 1. The van der Waals surface area contributed by atoms with Crippen LogP contribution in [0.2, 0.25) is 0 Å². The summed E-state index contributed by atoms with van der Waals surface area (Å²) in [4.78, 5) is 10.2. The average Bonchev–Trinajstić information content (AvgIpc) is 2.44. The lowest BCUT2D eigenvalue weighted by Crippen LogP contribution is -2.21. The fraction of sp³-hybridized carbons (Fsp3) is 0.500. The zero-order valence-electron chi connectivity index (χ0n) is 12.9. The van der Waals surface area contributed by atoms with Crippen molar-refractivity contribution in [2.24, 2.45) is 0 Å². The van der Waals surface area contributed by atoms with E-state index in [9.17, 15) is 15.0 Å². The van der Waals surface area contributed by atoms with E-state index in [2.05, 4.69) is 19.1 Å². The van der Waals surface area contributed by atoms with Crippen molar-refractivity contribution in [2.75, 3.05) is 0 Å². The lowest BCUT2D eigenvalue weighted by atomic mass is 10.2. The van der Waals surface area contributed by atoms with Crippen LogP contribution in [0, 0.1) is 0 Å². The Hall–Kier alpha value is -1.61. The van der Waals surface area contributed by atoms with Gasteiger partial charge >= 0.3 is 0 Å². The topological polar surface area (TPSA) is 60.4 Å². The highest BCUT2D eigenvalue weighted by molar-refractivity contribution is 5.64. The van der Waals surface area contributed by atoms with Crippen LogP contribution in [0.25, 0.3) is 0 Å². The van der Waals surface area contributed by atoms with E-state index in [1.807, 2.05) is 30.4 Å². The van der Waals surface area contributed by atoms with Crippen molar-refractivity contribution in [3.63, 3.8) is 0 Å². The molecule has 21 heavy (non-hydrogen) atoms. The molecule has 1 unspecified atom stereocenters. The predicted molar refractivity (Wildman–Crippen MR) is 85.6 cm³/mol. The van der Waals surface area contributed by atoms with E-state index in [-0.39, 0.29) is 6.42 Å². The van der Waals surface area contributed by atoms with Gasteiger partial charge in [-0.25, -0.2) is 0 Å². The second-order valence-corrected chi connectivity index (χ2v) is 4.82. The van der Waals surface area contributed by atoms with Crippen molar-refractivity contribution in [2.45, 2.75) is 58.0 Å². The largest absolute Gasteiger partial charge is 0.550 e. The fourth-order valence-electron chi connectivity index (χ4n) is 1.65. The molecular formula is C18H27O3-. The van der Waals surface area contributed by atoms with Gasteiger partial charge in [0.2, 0.25) is 0 Å². The summed E-state index contributed by atoms with van der Waals surface area (Å²) in [5.41, 5.74) is 0. The number of carbonyl (C=O) groups excluding carboxylic acids is 1. The first-order valence-corrected chi connectivity index (χ1v) is 7.68. The number of hydrogen-bond acceptors (Lipinski definition) is 3. The molecule has 0 rings (SSSR count). The molecule has 3 nitrogen and oxygen atoms in total. The van der Waals surface area contributed by atoms with Gasteiger partial charge in [0, 0.05) is 5.97 Å². The molecule has 0 aromatic heterocycles. The maximum absolute atomic E-state index is 10.2. The Kier molecular flexibility index (Phi) is 13.7. The molecular weight excluding hydrogens is 264 g/mol. The van der Waals surface area contributed by atoms with Crippen molar-refractivity contribution >= 4 is 5.97 Å². The summed E-state index contributed by atoms with van der Waals surface area (Å²) in [7, 11) is 0. The number of rotatable bonds is 12. The summed E-state index contributed by atoms with van der Waals surface area (Å²) in [5, 5.41) is 19.8. The van der Waals surface area contributed by atoms with Crippen LogP contribution in [0.4, 0.5) is 0 Å². The first-order valence-electron chi connectivity index (χ1n) is 7.68. The molecule has 0 aromatic carbocycles. The first kappa shape index (κ1) is 19.4. The van der Waals surface area contributed by atoms with Crippen LogP contribution in [0.1, 0.15) is 51.9 Å². The van der Waals surface area contributed by atoms with E-state index < -0.39 is 12.1 Å². The standard InChI is InChI=1S/C18H28O3/c1-2-3-11-14-17(19)15-12-9-7-5-4-6-8-10-13-16-18(20)21/h3-4,6-7,9,11-12,15,17,19H,2,5,8,10,13-14,16H2,1H3,(H,20,21)/p-1/b6-4-,9-7-,11-3-,15-12+. The quantitative estimate of drug-likeness (QED) is 0.341. The number of carboxylic acids is 1. The molecule has 0 saturated heterocycles. The number of aliphatic carboxylic acids is 1. The Balaban J connectivity index is 3.58. The van der Waals surface area contributed by atoms with Crippen molar-refractivity contribution in [3.8, 4) is 0 Å². The Morgan fingerprint density at radius 2 is 1.90 bits per heavy atom. The van der Waals surface area contributed by atoms with Crippen LogP contribution < -0.4 is 5.11 Å². The van der Waals surface area contributed by atoms with Gasteiger partial charge < -0.3 is 15.0 Å². The zero-order valence-corrected chi connectivity index (χ0v) is 12.9. The van der Waals surface area contributed by atoms with Crippen molar-refractivity contribution in [1.82, 2.24) is 0 Å². The van der Waals surface area contributed by atoms with Crippen molar-refractivity contribution < 1.29 is 15.0 Å². The minimum Gasteiger partial charge on any atom is -0.550 e. The van der Waals surface area contributed by atoms with Crippen LogP contribution in [-0.2, 0) is 4.79 Å². The second-order valence-electron chi connectivity index (χ2n) is 4.82. The van der Waals surface area contributed by atoms with Gasteiger partial charge in [-0.2, -0.15) is 0 Å². The van der Waals surface area contributed by atoms with E-state index in [4.69, 9.17) is 0 Å². The molecule has 0 aliphatic carbocycles. The van der Waals surface area contributed by atoms with Gasteiger partial charge in [-0.05, 0) is 44.9 Å². The molecule has 0 aromatic rings. The molecule has 0 bridgehead atoms. The van der Waals surface area contributed by atoms with E-state index in [0.717, 1.165) is 25.7 Å². The minimum atomic E-state index is -0.971. The third kappa shape index (κ3) is 16.3. The maximum Gasteiger partial charge on any atom is 0.0758 e. The molecule has 118 valence electrons. The molecule has 0 aliphatic heterocycles. The summed E-state index contributed by atoms with van der Waals surface area (Å²) >= 11 is 0. The maximum atomic E-state index is 10.2. The normalized spacial score (nSPS) is 14.0. The Labute approximate surface area is 128 Å². The van der Waals surface area contributed by atoms with Gasteiger partial charge in [-0.3, -0.25) is 0 Å². The van der Waals surface area contributed by atoms with Crippen LogP contribution in [0.3, 0.4) is 0 Å². The number of carboxylic acid groups (broad SMARTS) is 1. The predicted octanol–water partition coefficient (Wildman–Crippen LogP) is 3.07. The van der Waals surface area contributed by atoms with Gasteiger partial charge in [0.05, 0.1) is 6.10 Å². The van der Waals surface area contributed by atoms with E-state index >= 15 is 0 Å². The monoisotopic (exact) mass is 291 g/mol. The van der Waals surface area contributed by atoms with E-state index in [1.54, 1.807) is 6.08 Å². The van der Waals surface area contributed by atoms with Crippen LogP contribution >= 0.6 is 0 Å². The highest BCUT2D eigenvalue weighted by atomic mass is 16.4. The van der Waals surface area contributed by atoms with Crippen molar-refractivity contribution in [3.05, 3.63) is 48.6 Å². The van der Waals surface area contributed by atoms with Gasteiger partial charge in [-0.15, -0.1) is 0 Å². The molecule has 0 aliphatic rings. The third-order valence-corrected chi connectivity index (χ3v) is 2.80. The first-order chi connectivity index (χ1) is 10.2. The molecule has 0 heterocycles. The lowest BCUT2D eigenvalue weighted by molar-refractivity contribution is -0.305.